The molecule has 1 aromatic heterocycles. The van der Waals surface area contributed by atoms with Gasteiger partial charge in [-0.15, -0.1) is 0 Å². The van der Waals surface area contributed by atoms with E-state index in [4.69, 9.17) is 0 Å². The van der Waals surface area contributed by atoms with E-state index in [0.717, 1.165) is 25.2 Å². The Kier molecular flexibility index (Phi) is 3.01. The number of hydrogen-bond acceptors (Lipinski definition) is 3. The third kappa shape index (κ3) is 2.18. The Morgan fingerprint density at radius 3 is 3.27 bits per heavy atom. The Bertz CT molecular complexity index is 322. The smallest absolute Gasteiger partial charge is 0.222 e. The molecule has 1 aliphatic heterocycles. The first-order valence-electron chi connectivity index (χ1n) is 5.31. The van der Waals surface area contributed by atoms with Gasteiger partial charge in [0.05, 0.1) is 12.2 Å². The van der Waals surface area contributed by atoms with Gasteiger partial charge in [0.25, 0.3) is 0 Å². The second-order valence-electron chi connectivity index (χ2n) is 3.73. The summed E-state index contributed by atoms with van der Waals surface area (Å²) in [7, 11) is 0. The number of nitrogens with one attached hydrogen (secondary N) is 2. The zero-order valence-electron chi connectivity index (χ0n) is 8.86. The predicted molar refractivity (Wildman–Crippen MR) is 56.2 cm³/mol. The number of carbonyl (C=O) groups excluding carboxylic acids is 1. The van der Waals surface area contributed by atoms with Gasteiger partial charge in [-0.25, -0.2) is 0 Å². The van der Waals surface area contributed by atoms with Crippen LogP contribution in [-0.4, -0.2) is 40.6 Å². The van der Waals surface area contributed by atoms with E-state index < -0.39 is 0 Å². The maximum absolute atomic E-state index is 11.6. The minimum absolute atomic E-state index is 0.216. The summed E-state index contributed by atoms with van der Waals surface area (Å²) >= 11 is 0. The fraction of sp³-hybridized carbons (Fsp3) is 0.600. The number of aromatic amines is 1. The lowest BCUT2D eigenvalue weighted by atomic mass is 10.1. The van der Waals surface area contributed by atoms with Gasteiger partial charge in [-0.1, -0.05) is 6.92 Å². The van der Waals surface area contributed by atoms with Crippen LogP contribution in [0, 0.1) is 0 Å². The van der Waals surface area contributed by atoms with E-state index in [1.54, 1.807) is 6.20 Å². The quantitative estimate of drug-likeness (QED) is 0.734. The second-order valence-corrected chi connectivity index (χ2v) is 3.73. The Balaban J connectivity index is 2.01. The van der Waals surface area contributed by atoms with Gasteiger partial charge in [-0.3, -0.25) is 9.89 Å². The SMILES string of the molecule is CCC(=O)N1CCNC(c2cn[nH]c2)C1. The molecule has 2 N–H and O–H groups in total. The van der Waals surface area contributed by atoms with Crippen molar-refractivity contribution in [3.63, 3.8) is 0 Å². The number of nitrogens with zero attached hydrogens (tertiary/aromatic N) is 2. The lowest BCUT2D eigenvalue weighted by Crippen LogP contribution is -2.48. The monoisotopic (exact) mass is 208 g/mol. The average molecular weight is 208 g/mol. The lowest BCUT2D eigenvalue weighted by molar-refractivity contribution is -0.132. The fourth-order valence-electron chi connectivity index (χ4n) is 1.87. The van der Waals surface area contributed by atoms with E-state index in [0.29, 0.717) is 6.42 Å². The van der Waals surface area contributed by atoms with Crippen molar-refractivity contribution in [1.29, 1.82) is 0 Å². The third-order valence-corrected chi connectivity index (χ3v) is 2.75. The van der Waals surface area contributed by atoms with Crippen LogP contribution >= 0.6 is 0 Å². The fourth-order valence-corrected chi connectivity index (χ4v) is 1.87. The molecule has 0 aliphatic carbocycles. The maximum atomic E-state index is 11.6. The van der Waals surface area contributed by atoms with Gasteiger partial charge < -0.3 is 10.2 Å². The average Bonchev–Trinajstić information content (AvgIpc) is 2.82. The highest BCUT2D eigenvalue weighted by Crippen LogP contribution is 2.15. The number of carbonyl (C=O) groups is 1. The van der Waals surface area contributed by atoms with Crippen molar-refractivity contribution in [2.75, 3.05) is 19.6 Å². The summed E-state index contributed by atoms with van der Waals surface area (Å²) in [5, 5.41) is 10.1. The van der Waals surface area contributed by atoms with Crippen LogP contribution in [-0.2, 0) is 4.79 Å². The number of amides is 1. The highest BCUT2D eigenvalue weighted by Gasteiger charge is 2.23. The maximum Gasteiger partial charge on any atom is 0.222 e. The van der Waals surface area contributed by atoms with Crippen LogP contribution in [0.15, 0.2) is 12.4 Å². The van der Waals surface area contributed by atoms with Crippen molar-refractivity contribution < 1.29 is 4.79 Å². The number of hydrogen-bond donors (Lipinski definition) is 2. The van der Waals surface area contributed by atoms with Crippen LogP contribution in [0.2, 0.25) is 0 Å². The van der Waals surface area contributed by atoms with E-state index in [9.17, 15) is 4.79 Å². The highest BCUT2D eigenvalue weighted by atomic mass is 16.2. The standard InChI is InChI=1S/C10H16N4O/c1-2-10(15)14-4-3-11-9(7-14)8-5-12-13-6-8/h5-6,9,11H,2-4,7H2,1H3,(H,12,13). The van der Waals surface area contributed by atoms with Crippen molar-refractivity contribution in [3.8, 4) is 0 Å². The molecule has 0 aromatic carbocycles. The number of aromatic nitrogens is 2. The van der Waals surface area contributed by atoms with Gasteiger partial charge in [0.1, 0.15) is 0 Å². The summed E-state index contributed by atoms with van der Waals surface area (Å²) < 4.78 is 0. The molecular weight excluding hydrogens is 192 g/mol. The zero-order valence-corrected chi connectivity index (χ0v) is 8.86. The van der Waals surface area contributed by atoms with E-state index in [1.165, 1.54) is 0 Å². The molecule has 1 amide bonds. The lowest BCUT2D eigenvalue weighted by Gasteiger charge is -2.33. The number of rotatable bonds is 2. The molecule has 0 spiro atoms. The van der Waals surface area contributed by atoms with Crippen molar-refractivity contribution in [2.24, 2.45) is 0 Å². The van der Waals surface area contributed by atoms with Crippen molar-refractivity contribution in [2.45, 2.75) is 19.4 Å². The summed E-state index contributed by atoms with van der Waals surface area (Å²) in [4.78, 5) is 13.5. The van der Waals surface area contributed by atoms with Crippen LogP contribution in [0.4, 0.5) is 0 Å². The molecule has 1 fully saturated rings. The van der Waals surface area contributed by atoms with Gasteiger partial charge in [0.15, 0.2) is 0 Å². The first-order valence-corrected chi connectivity index (χ1v) is 5.31. The van der Waals surface area contributed by atoms with Gasteiger partial charge in [-0.2, -0.15) is 5.10 Å². The highest BCUT2D eigenvalue weighted by molar-refractivity contribution is 5.76. The summed E-state index contributed by atoms with van der Waals surface area (Å²) in [5.74, 6) is 0.227. The molecule has 1 saturated heterocycles. The molecule has 0 radical (unpaired) electrons. The first kappa shape index (κ1) is 10.2. The zero-order chi connectivity index (χ0) is 10.7. The summed E-state index contributed by atoms with van der Waals surface area (Å²) in [6.07, 6.45) is 4.26. The summed E-state index contributed by atoms with van der Waals surface area (Å²) in [6.45, 7) is 4.30. The van der Waals surface area contributed by atoms with E-state index >= 15 is 0 Å². The molecule has 5 heteroatoms. The van der Waals surface area contributed by atoms with Crippen molar-refractivity contribution in [3.05, 3.63) is 18.0 Å². The molecule has 1 atom stereocenters. The summed E-state index contributed by atoms with van der Waals surface area (Å²) in [5.41, 5.74) is 1.11. The Morgan fingerprint density at radius 2 is 2.60 bits per heavy atom. The topological polar surface area (TPSA) is 61.0 Å². The molecule has 0 bridgehead atoms. The molecule has 5 nitrogen and oxygen atoms in total. The molecule has 1 unspecified atom stereocenters. The Labute approximate surface area is 88.8 Å². The first-order chi connectivity index (χ1) is 7.31. The van der Waals surface area contributed by atoms with Crippen molar-refractivity contribution in [1.82, 2.24) is 20.4 Å². The molecule has 0 saturated carbocycles. The van der Waals surface area contributed by atoms with Gasteiger partial charge >= 0.3 is 0 Å². The van der Waals surface area contributed by atoms with Crippen LogP contribution in [0.25, 0.3) is 0 Å². The van der Waals surface area contributed by atoms with Crippen LogP contribution in [0.3, 0.4) is 0 Å². The van der Waals surface area contributed by atoms with E-state index in [2.05, 4.69) is 15.5 Å². The predicted octanol–water partition coefficient (Wildman–Crippen LogP) is 0.293. The Hall–Kier alpha value is -1.36. The third-order valence-electron chi connectivity index (χ3n) is 2.75. The molecule has 2 heterocycles. The van der Waals surface area contributed by atoms with Gasteiger partial charge in [-0.05, 0) is 0 Å². The van der Waals surface area contributed by atoms with Gasteiger partial charge in [0, 0.05) is 37.8 Å². The van der Waals surface area contributed by atoms with Gasteiger partial charge in [0.2, 0.25) is 5.91 Å². The largest absolute Gasteiger partial charge is 0.340 e. The molecule has 1 aromatic rings. The van der Waals surface area contributed by atoms with Crippen molar-refractivity contribution >= 4 is 5.91 Å². The van der Waals surface area contributed by atoms with E-state index in [1.807, 2.05) is 18.0 Å². The van der Waals surface area contributed by atoms with Crippen LogP contribution in [0.5, 0.6) is 0 Å². The van der Waals surface area contributed by atoms with Crippen LogP contribution < -0.4 is 5.32 Å². The molecular formula is C10H16N4O. The molecule has 15 heavy (non-hydrogen) atoms. The minimum Gasteiger partial charge on any atom is -0.340 e. The summed E-state index contributed by atoms with van der Waals surface area (Å²) in [6, 6.07) is 0.216. The second kappa shape index (κ2) is 4.44. The van der Waals surface area contributed by atoms with E-state index in [-0.39, 0.29) is 11.9 Å². The molecule has 82 valence electrons. The van der Waals surface area contributed by atoms with Crippen LogP contribution in [0.1, 0.15) is 24.9 Å². The number of H-pyrrole nitrogens is 1. The Morgan fingerprint density at radius 1 is 1.73 bits per heavy atom. The minimum atomic E-state index is 0.216. The number of piperazine rings is 1. The molecule has 2 rings (SSSR count). The molecule has 1 aliphatic rings. The normalized spacial score (nSPS) is 21.7.